The van der Waals surface area contributed by atoms with Crippen molar-refractivity contribution in [1.29, 1.82) is 0 Å². The minimum Gasteiger partial charge on any atom is -0.465 e. The van der Waals surface area contributed by atoms with Gasteiger partial charge in [-0.3, -0.25) is 10.1 Å². The standard InChI is InChI=1S/C19H27N3O4/c1-13(15-5-4-10-21(12-15)16-6-3-7-16)20-17-11-14(19(23)26-2)8-9-18(17)22(24)25/h8-9,11,13,15-16,20H,3-7,10,12H2,1-2H3. The average molecular weight is 361 g/mol. The molecule has 7 heteroatoms. The lowest BCUT2D eigenvalue weighted by Gasteiger charge is -2.44. The first-order valence-electron chi connectivity index (χ1n) is 9.37. The highest BCUT2D eigenvalue weighted by Gasteiger charge is 2.32. The van der Waals surface area contributed by atoms with E-state index in [0.717, 1.165) is 32.0 Å². The molecule has 1 aliphatic carbocycles. The summed E-state index contributed by atoms with van der Waals surface area (Å²) in [6, 6.07) is 5.13. The number of piperidine rings is 1. The molecule has 142 valence electrons. The smallest absolute Gasteiger partial charge is 0.337 e. The number of carbonyl (C=O) groups is 1. The van der Waals surface area contributed by atoms with Gasteiger partial charge in [0, 0.05) is 24.7 Å². The van der Waals surface area contributed by atoms with Crippen LogP contribution in [0.1, 0.15) is 49.4 Å². The van der Waals surface area contributed by atoms with Crippen LogP contribution < -0.4 is 5.32 Å². The molecule has 0 aromatic heterocycles. The van der Waals surface area contributed by atoms with Gasteiger partial charge in [-0.25, -0.2) is 4.79 Å². The van der Waals surface area contributed by atoms with E-state index in [2.05, 4.69) is 17.1 Å². The maximum absolute atomic E-state index is 11.8. The van der Waals surface area contributed by atoms with Gasteiger partial charge in [-0.1, -0.05) is 6.42 Å². The minimum absolute atomic E-state index is 0.0174. The fraction of sp³-hybridized carbons (Fsp3) is 0.632. The second-order valence-electron chi connectivity index (χ2n) is 7.40. The Hall–Kier alpha value is -2.15. The molecule has 1 aliphatic heterocycles. The molecule has 0 amide bonds. The number of hydrogen-bond donors (Lipinski definition) is 1. The number of nitrogens with zero attached hydrogens (tertiary/aromatic N) is 2. The molecule has 26 heavy (non-hydrogen) atoms. The number of hydrogen-bond acceptors (Lipinski definition) is 6. The Kier molecular flexibility index (Phi) is 5.76. The van der Waals surface area contributed by atoms with E-state index in [9.17, 15) is 14.9 Å². The van der Waals surface area contributed by atoms with Gasteiger partial charge in [0.05, 0.1) is 17.6 Å². The van der Waals surface area contributed by atoms with E-state index in [4.69, 9.17) is 4.74 Å². The first kappa shape index (κ1) is 18.6. The maximum Gasteiger partial charge on any atom is 0.337 e. The van der Waals surface area contributed by atoms with Crippen molar-refractivity contribution >= 4 is 17.3 Å². The quantitative estimate of drug-likeness (QED) is 0.475. The van der Waals surface area contributed by atoms with E-state index in [-0.39, 0.29) is 11.7 Å². The third-order valence-corrected chi connectivity index (χ3v) is 5.78. The SMILES string of the molecule is COC(=O)c1ccc([N+](=O)[O-])c(NC(C)C2CCCN(C3CCC3)C2)c1. The summed E-state index contributed by atoms with van der Waals surface area (Å²) in [6.07, 6.45) is 6.19. The predicted molar refractivity (Wildman–Crippen MR) is 99.5 cm³/mol. The summed E-state index contributed by atoms with van der Waals surface area (Å²) in [5, 5.41) is 14.7. The van der Waals surface area contributed by atoms with Gasteiger partial charge >= 0.3 is 5.97 Å². The lowest BCUT2D eigenvalue weighted by molar-refractivity contribution is -0.384. The van der Waals surface area contributed by atoms with Crippen LogP contribution in [-0.2, 0) is 4.74 Å². The zero-order chi connectivity index (χ0) is 18.7. The minimum atomic E-state index is -0.496. The average Bonchev–Trinajstić information content (AvgIpc) is 2.59. The second kappa shape index (κ2) is 8.03. The summed E-state index contributed by atoms with van der Waals surface area (Å²) < 4.78 is 4.73. The van der Waals surface area contributed by atoms with Gasteiger partial charge in [-0.2, -0.15) is 0 Å². The van der Waals surface area contributed by atoms with E-state index >= 15 is 0 Å². The number of rotatable bonds is 6. The normalized spacial score (nSPS) is 22.3. The van der Waals surface area contributed by atoms with Gasteiger partial charge in [0.25, 0.3) is 5.69 Å². The van der Waals surface area contributed by atoms with Crippen molar-refractivity contribution in [3.8, 4) is 0 Å². The molecule has 1 saturated carbocycles. The topological polar surface area (TPSA) is 84.7 Å². The number of carbonyl (C=O) groups excluding carboxylic acids is 1. The first-order valence-corrected chi connectivity index (χ1v) is 9.37. The third kappa shape index (κ3) is 3.98. The molecule has 0 radical (unpaired) electrons. The molecule has 2 aliphatic rings. The molecular weight excluding hydrogens is 334 g/mol. The van der Waals surface area contributed by atoms with E-state index in [0.29, 0.717) is 17.2 Å². The molecule has 2 fully saturated rings. The summed E-state index contributed by atoms with van der Waals surface area (Å²) in [7, 11) is 1.30. The van der Waals surface area contributed by atoms with Crippen molar-refractivity contribution < 1.29 is 14.5 Å². The summed E-state index contributed by atoms with van der Waals surface area (Å²) in [4.78, 5) is 25.3. The largest absolute Gasteiger partial charge is 0.465 e. The Balaban J connectivity index is 1.73. The molecule has 1 aromatic carbocycles. The number of esters is 1. The number of anilines is 1. The number of nitrogens with one attached hydrogen (secondary N) is 1. The number of benzene rings is 1. The van der Waals surface area contributed by atoms with Crippen LogP contribution in [0.3, 0.4) is 0 Å². The summed E-state index contributed by atoms with van der Waals surface area (Å²) in [5.74, 6) is -0.0600. The van der Waals surface area contributed by atoms with Crippen LogP contribution in [-0.4, -0.2) is 48.1 Å². The van der Waals surface area contributed by atoms with Crippen molar-refractivity contribution in [2.24, 2.45) is 5.92 Å². The summed E-state index contributed by atoms with van der Waals surface area (Å²) in [6.45, 7) is 4.26. The van der Waals surface area contributed by atoms with Crippen molar-refractivity contribution in [2.75, 3.05) is 25.5 Å². The van der Waals surface area contributed by atoms with Gasteiger partial charge < -0.3 is 15.0 Å². The van der Waals surface area contributed by atoms with Crippen LogP contribution in [0.2, 0.25) is 0 Å². The molecule has 1 aromatic rings. The predicted octanol–water partition coefficient (Wildman–Crippen LogP) is 3.45. The van der Waals surface area contributed by atoms with Crippen LogP contribution in [0, 0.1) is 16.0 Å². The van der Waals surface area contributed by atoms with Crippen molar-refractivity contribution in [3.63, 3.8) is 0 Å². The lowest BCUT2D eigenvalue weighted by atomic mass is 9.85. The molecule has 2 unspecified atom stereocenters. The van der Waals surface area contributed by atoms with Gasteiger partial charge in [-0.15, -0.1) is 0 Å². The van der Waals surface area contributed by atoms with Gasteiger partial charge in [-0.05, 0) is 57.2 Å². The van der Waals surface area contributed by atoms with Crippen LogP contribution in [0.4, 0.5) is 11.4 Å². The number of ether oxygens (including phenoxy) is 1. The van der Waals surface area contributed by atoms with E-state index < -0.39 is 10.9 Å². The molecule has 0 bridgehead atoms. The Morgan fingerprint density at radius 3 is 2.73 bits per heavy atom. The summed E-state index contributed by atoms with van der Waals surface area (Å²) in [5.41, 5.74) is 0.676. The van der Waals surface area contributed by atoms with Crippen LogP contribution in [0.15, 0.2) is 18.2 Å². The van der Waals surface area contributed by atoms with E-state index in [1.165, 1.54) is 44.6 Å². The monoisotopic (exact) mass is 361 g/mol. The molecular formula is C19H27N3O4. The molecule has 1 N–H and O–H groups in total. The van der Waals surface area contributed by atoms with Crippen LogP contribution in [0.25, 0.3) is 0 Å². The van der Waals surface area contributed by atoms with Gasteiger partial charge in [0.1, 0.15) is 5.69 Å². The van der Waals surface area contributed by atoms with Crippen LogP contribution >= 0.6 is 0 Å². The fourth-order valence-corrected chi connectivity index (χ4v) is 3.95. The van der Waals surface area contributed by atoms with E-state index in [1.807, 2.05) is 0 Å². The van der Waals surface area contributed by atoms with Gasteiger partial charge in [0.2, 0.25) is 0 Å². The Morgan fingerprint density at radius 1 is 1.35 bits per heavy atom. The highest BCUT2D eigenvalue weighted by atomic mass is 16.6. The molecule has 0 spiro atoms. The molecule has 1 heterocycles. The maximum atomic E-state index is 11.8. The molecule has 7 nitrogen and oxygen atoms in total. The van der Waals surface area contributed by atoms with Crippen molar-refractivity contribution in [2.45, 2.75) is 51.1 Å². The lowest BCUT2D eigenvalue weighted by Crippen LogP contribution is -2.48. The number of methoxy groups -OCH3 is 1. The van der Waals surface area contributed by atoms with Crippen molar-refractivity contribution in [3.05, 3.63) is 33.9 Å². The molecule has 1 saturated heterocycles. The van der Waals surface area contributed by atoms with Gasteiger partial charge in [0.15, 0.2) is 0 Å². The highest BCUT2D eigenvalue weighted by molar-refractivity contribution is 5.91. The fourth-order valence-electron chi connectivity index (χ4n) is 3.95. The van der Waals surface area contributed by atoms with E-state index in [1.54, 1.807) is 0 Å². The Labute approximate surface area is 153 Å². The number of nitro benzene ring substituents is 1. The zero-order valence-electron chi connectivity index (χ0n) is 15.4. The Bertz CT molecular complexity index is 675. The highest BCUT2D eigenvalue weighted by Crippen LogP contribution is 2.32. The first-order chi connectivity index (χ1) is 12.5. The number of likely N-dealkylation sites (tertiary alicyclic amines) is 1. The third-order valence-electron chi connectivity index (χ3n) is 5.78. The molecule has 2 atom stereocenters. The molecule has 3 rings (SSSR count). The Morgan fingerprint density at radius 2 is 2.12 bits per heavy atom. The zero-order valence-corrected chi connectivity index (χ0v) is 15.4. The second-order valence-corrected chi connectivity index (χ2v) is 7.40. The van der Waals surface area contributed by atoms with Crippen LogP contribution in [0.5, 0.6) is 0 Å². The number of nitro groups is 1. The summed E-state index contributed by atoms with van der Waals surface area (Å²) >= 11 is 0. The van der Waals surface area contributed by atoms with Crippen molar-refractivity contribution in [1.82, 2.24) is 4.90 Å².